The molecule has 0 aliphatic rings. The number of likely N-dealkylation sites (N-methyl/N-ethyl adjacent to an activating group) is 1. The molecule has 0 spiro atoms. The summed E-state index contributed by atoms with van der Waals surface area (Å²) >= 11 is 0. The van der Waals surface area contributed by atoms with E-state index in [1.54, 1.807) is 14.0 Å². The maximum atomic E-state index is 11.2. The van der Waals surface area contributed by atoms with Crippen molar-refractivity contribution >= 4 is 11.7 Å². The predicted molar refractivity (Wildman–Crippen MR) is 58.8 cm³/mol. The highest BCUT2D eigenvalue weighted by molar-refractivity contribution is 5.82. The number of nitrogens with zero attached hydrogens (tertiary/aromatic N) is 1. The van der Waals surface area contributed by atoms with Crippen molar-refractivity contribution in [1.29, 1.82) is 0 Å². The summed E-state index contributed by atoms with van der Waals surface area (Å²) in [5, 5.41) is 17.0. The lowest BCUT2D eigenvalue weighted by Crippen LogP contribution is -2.46. The molecular formula is C9H20N4O2. The number of amides is 1. The van der Waals surface area contributed by atoms with Crippen LogP contribution in [0.2, 0.25) is 0 Å². The van der Waals surface area contributed by atoms with E-state index in [-0.39, 0.29) is 23.8 Å². The average Bonchev–Trinajstić information content (AvgIpc) is 2.26. The fraction of sp³-hybridized carbons (Fsp3) is 0.778. The molecule has 5 N–H and O–H groups in total. The fourth-order valence-electron chi connectivity index (χ4n) is 1.26. The molecule has 0 aromatic heterocycles. The number of carbonyl (C=O) groups excluding carboxylic acids is 1. The Bertz CT molecular complexity index is 230. The summed E-state index contributed by atoms with van der Waals surface area (Å²) in [6.07, 6.45) is 1.23. The van der Waals surface area contributed by atoms with E-state index in [4.69, 9.17) is 10.9 Å². The van der Waals surface area contributed by atoms with Gasteiger partial charge in [0.1, 0.15) is 5.84 Å². The lowest BCUT2D eigenvalue weighted by atomic mass is 10.1. The normalized spacial score (nSPS) is 15.8. The molecule has 0 aromatic carbocycles. The largest absolute Gasteiger partial charge is 0.409 e. The zero-order chi connectivity index (χ0) is 11.8. The molecule has 0 aliphatic heterocycles. The summed E-state index contributed by atoms with van der Waals surface area (Å²) in [4.78, 5) is 11.2. The highest BCUT2D eigenvalue weighted by Crippen LogP contribution is 1.99. The van der Waals surface area contributed by atoms with Gasteiger partial charge in [-0.1, -0.05) is 12.1 Å². The standard InChI is InChI=1S/C9H20N4O2/c1-4-7(5-8(10)13-15)12-6(2)9(14)11-3/h6-7,12,15H,4-5H2,1-3H3,(H2,10,13)(H,11,14). The van der Waals surface area contributed by atoms with Crippen LogP contribution in [0.15, 0.2) is 5.16 Å². The van der Waals surface area contributed by atoms with Gasteiger partial charge in [0.15, 0.2) is 0 Å². The molecule has 88 valence electrons. The first kappa shape index (κ1) is 13.7. The van der Waals surface area contributed by atoms with E-state index < -0.39 is 0 Å². The van der Waals surface area contributed by atoms with Gasteiger partial charge in [-0.05, 0) is 13.3 Å². The number of nitrogens with one attached hydrogen (secondary N) is 2. The third-order valence-electron chi connectivity index (χ3n) is 2.20. The van der Waals surface area contributed by atoms with Crippen molar-refractivity contribution < 1.29 is 10.0 Å². The molecule has 0 saturated carbocycles. The monoisotopic (exact) mass is 216 g/mol. The van der Waals surface area contributed by atoms with Gasteiger partial charge in [0, 0.05) is 19.5 Å². The topological polar surface area (TPSA) is 99.7 Å². The van der Waals surface area contributed by atoms with Crippen LogP contribution >= 0.6 is 0 Å². The maximum absolute atomic E-state index is 11.2. The number of rotatable bonds is 6. The van der Waals surface area contributed by atoms with Gasteiger partial charge in [-0.15, -0.1) is 0 Å². The first-order chi connectivity index (χ1) is 7.04. The lowest BCUT2D eigenvalue weighted by Gasteiger charge is -2.20. The van der Waals surface area contributed by atoms with Gasteiger partial charge >= 0.3 is 0 Å². The van der Waals surface area contributed by atoms with Gasteiger partial charge in [-0.2, -0.15) is 0 Å². The molecule has 0 aromatic rings. The lowest BCUT2D eigenvalue weighted by molar-refractivity contribution is -0.122. The quantitative estimate of drug-likeness (QED) is 0.210. The van der Waals surface area contributed by atoms with Crippen molar-refractivity contribution in [2.24, 2.45) is 10.9 Å². The minimum absolute atomic E-state index is 0.0354. The molecule has 0 aliphatic carbocycles. The Hall–Kier alpha value is -1.30. The average molecular weight is 216 g/mol. The zero-order valence-electron chi connectivity index (χ0n) is 9.45. The van der Waals surface area contributed by atoms with Gasteiger partial charge in [-0.25, -0.2) is 0 Å². The summed E-state index contributed by atoms with van der Waals surface area (Å²) < 4.78 is 0. The molecule has 0 fully saturated rings. The molecule has 6 heteroatoms. The molecule has 2 atom stereocenters. The Morgan fingerprint density at radius 3 is 2.60 bits per heavy atom. The van der Waals surface area contributed by atoms with E-state index in [0.717, 1.165) is 6.42 Å². The SMILES string of the molecule is CCC(CC(N)=NO)NC(C)C(=O)NC. The number of nitrogens with two attached hydrogens (primary N) is 1. The number of hydrogen-bond donors (Lipinski definition) is 4. The third kappa shape index (κ3) is 5.21. The van der Waals surface area contributed by atoms with Crippen LogP contribution in [0, 0.1) is 0 Å². The van der Waals surface area contributed by atoms with Crippen LogP contribution in [0.25, 0.3) is 0 Å². The molecule has 0 rings (SSSR count). The number of hydrogen-bond acceptors (Lipinski definition) is 4. The smallest absolute Gasteiger partial charge is 0.236 e. The molecule has 0 heterocycles. The Morgan fingerprint density at radius 2 is 2.20 bits per heavy atom. The Labute approximate surface area is 89.9 Å². The van der Waals surface area contributed by atoms with E-state index in [0.29, 0.717) is 6.42 Å². The number of carbonyl (C=O) groups is 1. The molecule has 15 heavy (non-hydrogen) atoms. The molecule has 2 unspecified atom stereocenters. The van der Waals surface area contributed by atoms with Crippen LogP contribution < -0.4 is 16.4 Å². The van der Waals surface area contributed by atoms with Crippen LogP contribution in [-0.2, 0) is 4.79 Å². The van der Waals surface area contributed by atoms with Gasteiger partial charge in [-0.3, -0.25) is 4.79 Å². The number of amidine groups is 1. The molecule has 0 bridgehead atoms. The van der Waals surface area contributed by atoms with E-state index in [2.05, 4.69) is 15.8 Å². The minimum Gasteiger partial charge on any atom is -0.409 e. The Morgan fingerprint density at radius 1 is 1.60 bits per heavy atom. The summed E-state index contributed by atoms with van der Waals surface area (Å²) in [6.45, 7) is 3.74. The van der Waals surface area contributed by atoms with Crippen LogP contribution in [0.1, 0.15) is 26.7 Å². The highest BCUT2D eigenvalue weighted by atomic mass is 16.4. The first-order valence-corrected chi connectivity index (χ1v) is 4.99. The van der Waals surface area contributed by atoms with Crippen molar-refractivity contribution in [2.75, 3.05) is 7.05 Å². The second-order valence-electron chi connectivity index (χ2n) is 3.40. The van der Waals surface area contributed by atoms with Crippen LogP contribution in [0.5, 0.6) is 0 Å². The third-order valence-corrected chi connectivity index (χ3v) is 2.20. The number of oxime groups is 1. The molecule has 6 nitrogen and oxygen atoms in total. The highest BCUT2D eigenvalue weighted by Gasteiger charge is 2.16. The van der Waals surface area contributed by atoms with Gasteiger partial charge in [0.2, 0.25) is 5.91 Å². The van der Waals surface area contributed by atoms with Crippen molar-refractivity contribution in [3.05, 3.63) is 0 Å². The summed E-state index contributed by atoms with van der Waals surface area (Å²) in [7, 11) is 1.59. The van der Waals surface area contributed by atoms with Crippen molar-refractivity contribution in [3.8, 4) is 0 Å². The second kappa shape index (κ2) is 7.05. The summed E-state index contributed by atoms with van der Waals surface area (Å²) in [6, 6.07) is -0.250. The van der Waals surface area contributed by atoms with Crippen molar-refractivity contribution in [3.63, 3.8) is 0 Å². The van der Waals surface area contributed by atoms with E-state index >= 15 is 0 Å². The maximum Gasteiger partial charge on any atom is 0.236 e. The molecule has 1 amide bonds. The molecular weight excluding hydrogens is 196 g/mol. The summed E-state index contributed by atoms with van der Waals surface area (Å²) in [5.74, 6) is 0.0893. The van der Waals surface area contributed by atoms with Gasteiger partial charge in [0.25, 0.3) is 0 Å². The summed E-state index contributed by atoms with van der Waals surface area (Å²) in [5.41, 5.74) is 5.39. The fourth-order valence-corrected chi connectivity index (χ4v) is 1.26. The van der Waals surface area contributed by atoms with E-state index in [1.165, 1.54) is 0 Å². The van der Waals surface area contributed by atoms with Crippen LogP contribution in [-0.4, -0.2) is 36.1 Å². The van der Waals surface area contributed by atoms with Crippen molar-refractivity contribution in [1.82, 2.24) is 10.6 Å². The second-order valence-corrected chi connectivity index (χ2v) is 3.40. The van der Waals surface area contributed by atoms with Gasteiger partial charge in [0.05, 0.1) is 6.04 Å². The first-order valence-electron chi connectivity index (χ1n) is 4.99. The van der Waals surface area contributed by atoms with Crippen molar-refractivity contribution in [2.45, 2.75) is 38.8 Å². The minimum atomic E-state index is -0.286. The van der Waals surface area contributed by atoms with E-state index in [1.807, 2.05) is 6.92 Å². The van der Waals surface area contributed by atoms with Crippen LogP contribution in [0.3, 0.4) is 0 Å². The Kier molecular flexibility index (Phi) is 6.44. The van der Waals surface area contributed by atoms with E-state index in [9.17, 15) is 4.79 Å². The van der Waals surface area contributed by atoms with Crippen LogP contribution in [0.4, 0.5) is 0 Å². The molecule has 0 radical (unpaired) electrons. The molecule has 0 saturated heterocycles. The predicted octanol–water partition coefficient (Wildman–Crippen LogP) is -0.374. The zero-order valence-corrected chi connectivity index (χ0v) is 9.45. The Balaban J connectivity index is 4.15. The van der Waals surface area contributed by atoms with Gasteiger partial charge < -0.3 is 21.6 Å².